The van der Waals surface area contributed by atoms with Gasteiger partial charge in [0.15, 0.2) is 5.65 Å². The van der Waals surface area contributed by atoms with E-state index in [4.69, 9.17) is 4.52 Å². The van der Waals surface area contributed by atoms with Crippen molar-refractivity contribution in [1.82, 2.24) is 25.0 Å². The van der Waals surface area contributed by atoms with Crippen LogP contribution < -0.4 is 4.90 Å². The fourth-order valence-corrected chi connectivity index (χ4v) is 3.00. The summed E-state index contributed by atoms with van der Waals surface area (Å²) >= 11 is 0. The summed E-state index contributed by atoms with van der Waals surface area (Å²) in [5.41, 5.74) is 0.811. The number of alkyl halides is 3. The molecule has 1 unspecified atom stereocenters. The summed E-state index contributed by atoms with van der Waals surface area (Å²) in [6.45, 7) is 2.48. The van der Waals surface area contributed by atoms with E-state index in [2.05, 4.69) is 20.5 Å². The second-order valence-corrected chi connectivity index (χ2v) is 5.70. The van der Waals surface area contributed by atoms with Gasteiger partial charge in [0, 0.05) is 12.6 Å². The van der Waals surface area contributed by atoms with Crippen molar-refractivity contribution in [3.63, 3.8) is 0 Å². The fourth-order valence-electron chi connectivity index (χ4n) is 3.00. The molecule has 3 aromatic heterocycles. The molecular weight excluding hydrogens is 325 g/mol. The molecular formula is C14H13F3N6O. The van der Waals surface area contributed by atoms with Crippen molar-refractivity contribution < 1.29 is 17.7 Å². The standard InChI is InChI=1S/C14H13F3N6O/c1-8-7-9(21-24-8)10-3-2-6-22(10)12-5-4-11-18-19-13(14(15,16)17)23(11)20-12/h4-5,7,10H,2-3,6H2,1H3. The molecule has 1 saturated heterocycles. The Morgan fingerprint density at radius 2 is 2.08 bits per heavy atom. The van der Waals surface area contributed by atoms with Crippen molar-refractivity contribution in [3.05, 3.63) is 35.5 Å². The molecule has 0 saturated carbocycles. The van der Waals surface area contributed by atoms with Crippen molar-refractivity contribution >= 4 is 11.5 Å². The smallest absolute Gasteiger partial charge is 0.361 e. The van der Waals surface area contributed by atoms with Crippen molar-refractivity contribution in [2.75, 3.05) is 11.4 Å². The Labute approximate surface area is 134 Å². The minimum Gasteiger partial charge on any atom is -0.361 e. The first kappa shape index (κ1) is 14.9. The number of rotatable bonds is 2. The molecule has 1 aliphatic heterocycles. The van der Waals surface area contributed by atoms with Gasteiger partial charge < -0.3 is 9.42 Å². The molecule has 0 aromatic carbocycles. The summed E-state index contributed by atoms with van der Waals surface area (Å²) in [4.78, 5) is 1.93. The number of anilines is 1. The van der Waals surface area contributed by atoms with E-state index < -0.39 is 12.0 Å². The van der Waals surface area contributed by atoms with E-state index in [0.717, 1.165) is 23.1 Å². The molecule has 7 nitrogen and oxygen atoms in total. The van der Waals surface area contributed by atoms with Crippen LogP contribution in [0.1, 0.15) is 36.2 Å². The van der Waals surface area contributed by atoms with Crippen LogP contribution in [0.4, 0.5) is 19.0 Å². The Balaban J connectivity index is 1.75. The topological polar surface area (TPSA) is 72.4 Å². The largest absolute Gasteiger partial charge is 0.453 e. The number of hydrogen-bond donors (Lipinski definition) is 0. The summed E-state index contributed by atoms with van der Waals surface area (Å²) < 4.78 is 44.9. The third-order valence-electron chi connectivity index (χ3n) is 4.04. The van der Waals surface area contributed by atoms with Crippen molar-refractivity contribution in [3.8, 4) is 0 Å². The molecule has 0 spiro atoms. The highest BCUT2D eigenvalue weighted by molar-refractivity contribution is 5.48. The van der Waals surface area contributed by atoms with Gasteiger partial charge in [-0.1, -0.05) is 5.16 Å². The Morgan fingerprint density at radius 1 is 1.25 bits per heavy atom. The van der Waals surface area contributed by atoms with E-state index in [1.807, 2.05) is 11.0 Å². The van der Waals surface area contributed by atoms with Crippen molar-refractivity contribution in [1.29, 1.82) is 0 Å². The van der Waals surface area contributed by atoms with Crippen LogP contribution in [-0.2, 0) is 6.18 Å². The molecule has 4 rings (SSSR count). The molecule has 0 amide bonds. The average Bonchev–Trinajstić information content (AvgIpc) is 3.23. The zero-order valence-corrected chi connectivity index (χ0v) is 12.7. The number of hydrogen-bond acceptors (Lipinski definition) is 6. The number of nitrogens with zero attached hydrogens (tertiary/aromatic N) is 6. The number of aryl methyl sites for hydroxylation is 1. The SMILES string of the molecule is Cc1cc(C2CCCN2c2ccc3nnc(C(F)(F)F)n3n2)no1. The van der Waals surface area contributed by atoms with Crippen LogP contribution in [0, 0.1) is 6.92 Å². The normalized spacial score (nSPS) is 18.7. The van der Waals surface area contributed by atoms with E-state index in [1.54, 1.807) is 13.0 Å². The Bertz CT molecular complexity index is 886. The molecule has 4 heterocycles. The molecule has 0 N–H and O–H groups in total. The molecule has 0 aliphatic carbocycles. The lowest BCUT2D eigenvalue weighted by atomic mass is 10.1. The summed E-state index contributed by atoms with van der Waals surface area (Å²) in [6, 6.07) is 4.89. The first-order valence-electron chi connectivity index (χ1n) is 7.43. The first-order chi connectivity index (χ1) is 11.4. The van der Waals surface area contributed by atoms with E-state index >= 15 is 0 Å². The molecule has 1 atom stereocenters. The zero-order valence-electron chi connectivity index (χ0n) is 12.7. The van der Waals surface area contributed by atoms with Gasteiger partial charge in [-0.25, -0.2) is 0 Å². The van der Waals surface area contributed by atoms with Crippen LogP contribution in [0.3, 0.4) is 0 Å². The van der Waals surface area contributed by atoms with Gasteiger partial charge in [0.1, 0.15) is 17.3 Å². The van der Waals surface area contributed by atoms with Gasteiger partial charge in [0.25, 0.3) is 5.82 Å². The number of halogens is 3. The predicted octanol–water partition coefficient (Wildman–Crippen LogP) is 2.78. The minimum atomic E-state index is -4.61. The third kappa shape index (κ3) is 2.38. The van der Waals surface area contributed by atoms with Crippen LogP contribution in [0.25, 0.3) is 5.65 Å². The zero-order chi connectivity index (χ0) is 16.9. The molecule has 3 aromatic rings. The van der Waals surface area contributed by atoms with E-state index in [1.165, 1.54) is 6.07 Å². The molecule has 24 heavy (non-hydrogen) atoms. The van der Waals surface area contributed by atoms with Gasteiger partial charge in [-0.2, -0.15) is 17.7 Å². The maximum Gasteiger partial charge on any atom is 0.453 e. The monoisotopic (exact) mass is 338 g/mol. The average molecular weight is 338 g/mol. The highest BCUT2D eigenvalue weighted by Gasteiger charge is 2.38. The lowest BCUT2D eigenvalue weighted by Crippen LogP contribution is -2.25. The summed E-state index contributed by atoms with van der Waals surface area (Å²) in [6.07, 6.45) is -2.89. The molecule has 1 aliphatic rings. The van der Waals surface area contributed by atoms with Gasteiger partial charge in [-0.15, -0.1) is 15.3 Å². The maximum atomic E-state index is 13.0. The second-order valence-electron chi connectivity index (χ2n) is 5.70. The lowest BCUT2D eigenvalue weighted by Gasteiger charge is -2.23. The molecule has 0 radical (unpaired) electrons. The highest BCUT2D eigenvalue weighted by Crippen LogP contribution is 2.35. The summed E-state index contributed by atoms with van der Waals surface area (Å²) in [5, 5.41) is 14.8. The molecule has 10 heteroatoms. The summed E-state index contributed by atoms with van der Waals surface area (Å²) in [7, 11) is 0. The van der Waals surface area contributed by atoms with Gasteiger partial charge in [0.05, 0.1) is 6.04 Å². The molecule has 0 bridgehead atoms. The first-order valence-corrected chi connectivity index (χ1v) is 7.43. The Kier molecular flexibility index (Phi) is 3.22. The molecule has 1 fully saturated rings. The maximum absolute atomic E-state index is 13.0. The quantitative estimate of drug-likeness (QED) is 0.715. The number of fused-ring (bicyclic) bond motifs is 1. The van der Waals surface area contributed by atoms with E-state index in [0.29, 0.717) is 18.1 Å². The van der Waals surface area contributed by atoms with Crippen LogP contribution in [0.5, 0.6) is 0 Å². The van der Waals surface area contributed by atoms with Gasteiger partial charge in [-0.05, 0) is 31.9 Å². The van der Waals surface area contributed by atoms with Crippen LogP contribution in [0.2, 0.25) is 0 Å². The van der Waals surface area contributed by atoms with Gasteiger partial charge in [-0.3, -0.25) is 0 Å². The van der Waals surface area contributed by atoms with E-state index in [-0.39, 0.29) is 11.7 Å². The predicted molar refractivity (Wildman–Crippen MR) is 76.3 cm³/mol. The number of aromatic nitrogens is 5. The lowest BCUT2D eigenvalue weighted by molar-refractivity contribution is -0.146. The van der Waals surface area contributed by atoms with Crippen LogP contribution in [0.15, 0.2) is 22.7 Å². The van der Waals surface area contributed by atoms with E-state index in [9.17, 15) is 13.2 Å². The minimum absolute atomic E-state index is 0.0547. The second kappa shape index (κ2) is 5.18. The molecule has 126 valence electrons. The fraction of sp³-hybridized carbons (Fsp3) is 0.429. The Hall–Kier alpha value is -2.65. The van der Waals surface area contributed by atoms with Crippen molar-refractivity contribution in [2.24, 2.45) is 0 Å². The summed E-state index contributed by atoms with van der Waals surface area (Å²) in [5.74, 6) is -0.0123. The Morgan fingerprint density at radius 3 is 2.79 bits per heavy atom. The van der Waals surface area contributed by atoms with Gasteiger partial charge >= 0.3 is 6.18 Å². The van der Waals surface area contributed by atoms with Crippen molar-refractivity contribution in [2.45, 2.75) is 32.0 Å². The van der Waals surface area contributed by atoms with Gasteiger partial charge in [0.2, 0.25) is 0 Å². The highest BCUT2D eigenvalue weighted by atomic mass is 19.4. The van der Waals surface area contributed by atoms with Crippen LogP contribution in [-0.4, -0.2) is 31.5 Å². The third-order valence-corrected chi connectivity index (χ3v) is 4.04. The van der Waals surface area contributed by atoms with Crippen LogP contribution >= 0.6 is 0 Å².